The maximum Gasteiger partial charge on any atom is 0.333 e. The van der Waals surface area contributed by atoms with Crippen molar-refractivity contribution in [1.82, 2.24) is 5.32 Å². The summed E-state index contributed by atoms with van der Waals surface area (Å²) < 4.78 is 5.45. The molecule has 140 valence electrons. The maximum atomic E-state index is 12.6. The molecule has 5 nitrogen and oxygen atoms in total. The third-order valence-corrected chi connectivity index (χ3v) is 3.50. The molecule has 2 atom stereocenters. The fourth-order valence-corrected chi connectivity index (χ4v) is 2.33. The van der Waals surface area contributed by atoms with E-state index in [0.717, 1.165) is 0 Å². The van der Waals surface area contributed by atoms with Crippen LogP contribution in [0.4, 0.5) is 0 Å². The number of carbonyl (C=O) groups is 2. The summed E-state index contributed by atoms with van der Waals surface area (Å²) in [5.41, 5.74) is 6.69. The number of rotatable bonds is 5. The molecule has 0 fully saturated rings. The van der Waals surface area contributed by atoms with E-state index in [2.05, 4.69) is 5.32 Å². The van der Waals surface area contributed by atoms with Gasteiger partial charge in [-0.05, 0) is 31.9 Å². The van der Waals surface area contributed by atoms with Crippen molar-refractivity contribution in [3.63, 3.8) is 0 Å². The van der Waals surface area contributed by atoms with Crippen molar-refractivity contribution in [1.29, 1.82) is 0 Å². The van der Waals surface area contributed by atoms with Gasteiger partial charge in [-0.25, -0.2) is 4.79 Å². The van der Waals surface area contributed by atoms with E-state index in [-0.39, 0.29) is 12.4 Å². The normalized spacial score (nSPS) is 13.1. The Balaban J connectivity index is 0.00000338. The predicted molar refractivity (Wildman–Crippen MR) is 104 cm³/mol. The van der Waals surface area contributed by atoms with Crippen molar-refractivity contribution in [2.24, 2.45) is 5.73 Å². The molecule has 2 rings (SSSR count). The SMILES string of the molecule is CC(C)(C)OC(=O)[C@@H](NC(=O)[C@@H](N)c1ccccc1)c1ccccc1.Cl. The zero-order valence-electron chi connectivity index (χ0n) is 15.1. The second kappa shape index (κ2) is 9.36. The summed E-state index contributed by atoms with van der Waals surface area (Å²) in [4.78, 5) is 25.1. The summed E-state index contributed by atoms with van der Waals surface area (Å²) in [5.74, 6) is -0.960. The molecule has 0 aliphatic carbocycles. The van der Waals surface area contributed by atoms with Crippen molar-refractivity contribution in [2.75, 3.05) is 0 Å². The molecule has 0 spiro atoms. The average Bonchev–Trinajstić information content (AvgIpc) is 2.58. The molecule has 0 heterocycles. The van der Waals surface area contributed by atoms with Crippen molar-refractivity contribution in [3.8, 4) is 0 Å². The third-order valence-electron chi connectivity index (χ3n) is 3.50. The van der Waals surface area contributed by atoms with Crippen molar-refractivity contribution in [3.05, 3.63) is 71.8 Å². The number of hydrogen-bond donors (Lipinski definition) is 2. The molecule has 2 aromatic carbocycles. The summed E-state index contributed by atoms with van der Waals surface area (Å²) in [6, 6.07) is 16.2. The summed E-state index contributed by atoms with van der Waals surface area (Å²) in [6.07, 6.45) is 0. The standard InChI is InChI=1S/C20H24N2O3.ClH/c1-20(2,3)25-19(24)17(15-12-8-5-9-13-15)22-18(23)16(21)14-10-6-4-7-11-14;/h4-13,16-17H,21H2,1-3H3,(H,22,23);1H/t16-,17-;/m0./s1. The molecule has 1 amide bonds. The first-order valence-electron chi connectivity index (χ1n) is 8.16. The van der Waals surface area contributed by atoms with Crippen LogP contribution >= 0.6 is 12.4 Å². The Morgan fingerprint density at radius 2 is 1.38 bits per heavy atom. The van der Waals surface area contributed by atoms with Gasteiger partial charge in [0.15, 0.2) is 6.04 Å². The molecule has 0 radical (unpaired) electrons. The Kier molecular flexibility index (Phi) is 7.80. The van der Waals surface area contributed by atoms with Crippen LogP contribution in [0, 0.1) is 0 Å². The largest absolute Gasteiger partial charge is 0.458 e. The highest BCUT2D eigenvalue weighted by atomic mass is 35.5. The van der Waals surface area contributed by atoms with Gasteiger partial charge in [-0.15, -0.1) is 12.4 Å². The fraction of sp³-hybridized carbons (Fsp3) is 0.300. The van der Waals surface area contributed by atoms with Gasteiger partial charge >= 0.3 is 5.97 Å². The first-order valence-corrected chi connectivity index (χ1v) is 8.16. The van der Waals surface area contributed by atoms with Gasteiger partial charge in [-0.2, -0.15) is 0 Å². The molecule has 3 N–H and O–H groups in total. The van der Waals surface area contributed by atoms with E-state index in [1.54, 1.807) is 57.2 Å². The highest BCUT2D eigenvalue weighted by molar-refractivity contribution is 5.89. The molecule has 0 bridgehead atoms. The fourth-order valence-electron chi connectivity index (χ4n) is 2.33. The van der Waals surface area contributed by atoms with Crippen LogP contribution in [0.15, 0.2) is 60.7 Å². The van der Waals surface area contributed by atoms with Gasteiger partial charge < -0.3 is 15.8 Å². The zero-order chi connectivity index (χ0) is 18.4. The first kappa shape index (κ1) is 21.7. The highest BCUT2D eigenvalue weighted by Gasteiger charge is 2.29. The zero-order valence-corrected chi connectivity index (χ0v) is 16.0. The van der Waals surface area contributed by atoms with Crippen LogP contribution in [0.1, 0.15) is 44.0 Å². The van der Waals surface area contributed by atoms with Crippen LogP contribution in [0.3, 0.4) is 0 Å². The van der Waals surface area contributed by atoms with E-state index in [0.29, 0.717) is 11.1 Å². The second-order valence-electron chi connectivity index (χ2n) is 6.77. The Hall–Kier alpha value is -2.37. The van der Waals surface area contributed by atoms with Gasteiger partial charge in [0, 0.05) is 0 Å². The number of ether oxygens (including phenoxy) is 1. The molecule has 26 heavy (non-hydrogen) atoms. The summed E-state index contributed by atoms with van der Waals surface area (Å²) in [7, 11) is 0. The highest BCUT2D eigenvalue weighted by Crippen LogP contribution is 2.20. The average molecular weight is 377 g/mol. The number of hydrogen-bond acceptors (Lipinski definition) is 4. The lowest BCUT2D eigenvalue weighted by atomic mass is 10.0. The lowest BCUT2D eigenvalue weighted by Crippen LogP contribution is -2.42. The van der Waals surface area contributed by atoms with Crippen LogP contribution in [-0.2, 0) is 14.3 Å². The van der Waals surface area contributed by atoms with E-state index >= 15 is 0 Å². The lowest BCUT2D eigenvalue weighted by molar-refractivity contribution is -0.159. The molecule has 0 saturated carbocycles. The Bertz CT molecular complexity index is 715. The number of nitrogens with two attached hydrogens (primary N) is 1. The Morgan fingerprint density at radius 1 is 0.923 bits per heavy atom. The van der Waals surface area contributed by atoms with E-state index < -0.39 is 29.6 Å². The smallest absolute Gasteiger partial charge is 0.333 e. The van der Waals surface area contributed by atoms with E-state index in [9.17, 15) is 9.59 Å². The predicted octanol–water partition coefficient (Wildman–Crippen LogP) is 3.31. The molecule has 6 heteroatoms. The van der Waals surface area contributed by atoms with Gasteiger partial charge in [0.2, 0.25) is 5.91 Å². The molecule has 0 saturated heterocycles. The second-order valence-corrected chi connectivity index (χ2v) is 6.77. The van der Waals surface area contributed by atoms with Crippen molar-refractivity contribution in [2.45, 2.75) is 38.5 Å². The van der Waals surface area contributed by atoms with E-state index in [1.165, 1.54) is 0 Å². The molecule has 0 unspecified atom stereocenters. The number of esters is 1. The van der Waals surface area contributed by atoms with Crippen LogP contribution < -0.4 is 11.1 Å². The molecule has 0 aliphatic rings. The molecule has 0 aliphatic heterocycles. The van der Waals surface area contributed by atoms with Crippen LogP contribution in [0.5, 0.6) is 0 Å². The number of benzene rings is 2. The topological polar surface area (TPSA) is 81.4 Å². The maximum absolute atomic E-state index is 12.6. The summed E-state index contributed by atoms with van der Waals surface area (Å²) in [6.45, 7) is 5.35. The van der Waals surface area contributed by atoms with Crippen LogP contribution in [0.25, 0.3) is 0 Å². The molecular weight excluding hydrogens is 352 g/mol. The van der Waals surface area contributed by atoms with Gasteiger partial charge in [0.05, 0.1) is 0 Å². The summed E-state index contributed by atoms with van der Waals surface area (Å²) in [5, 5.41) is 2.72. The summed E-state index contributed by atoms with van der Waals surface area (Å²) >= 11 is 0. The third kappa shape index (κ3) is 6.17. The van der Waals surface area contributed by atoms with Crippen molar-refractivity contribution < 1.29 is 14.3 Å². The molecular formula is C20H25ClN2O3. The lowest BCUT2D eigenvalue weighted by Gasteiger charge is -2.25. The van der Waals surface area contributed by atoms with Crippen LogP contribution in [0.2, 0.25) is 0 Å². The number of nitrogens with one attached hydrogen (secondary N) is 1. The minimum Gasteiger partial charge on any atom is -0.458 e. The monoisotopic (exact) mass is 376 g/mol. The molecule has 0 aromatic heterocycles. The number of carbonyl (C=O) groups excluding carboxylic acids is 2. The first-order chi connectivity index (χ1) is 11.8. The van der Waals surface area contributed by atoms with Crippen LogP contribution in [-0.4, -0.2) is 17.5 Å². The van der Waals surface area contributed by atoms with Gasteiger partial charge in [-0.1, -0.05) is 60.7 Å². The number of amides is 1. The Labute approximate surface area is 160 Å². The molecule has 2 aromatic rings. The minimum atomic E-state index is -0.914. The van der Waals surface area contributed by atoms with E-state index in [4.69, 9.17) is 10.5 Å². The van der Waals surface area contributed by atoms with Gasteiger partial charge in [0.25, 0.3) is 0 Å². The Morgan fingerprint density at radius 3 is 1.85 bits per heavy atom. The quantitative estimate of drug-likeness (QED) is 0.784. The van der Waals surface area contributed by atoms with Gasteiger partial charge in [0.1, 0.15) is 11.6 Å². The minimum absolute atomic E-state index is 0. The number of halogens is 1. The van der Waals surface area contributed by atoms with Crippen molar-refractivity contribution >= 4 is 24.3 Å². The van der Waals surface area contributed by atoms with Gasteiger partial charge in [-0.3, -0.25) is 4.79 Å². The van der Waals surface area contributed by atoms with E-state index in [1.807, 2.05) is 24.3 Å².